The molecule has 0 bridgehead atoms. The lowest BCUT2D eigenvalue weighted by molar-refractivity contribution is 0.146. The molecule has 1 atom stereocenters. The molecule has 0 saturated carbocycles. The summed E-state index contributed by atoms with van der Waals surface area (Å²) >= 11 is 3.45. The highest BCUT2D eigenvalue weighted by molar-refractivity contribution is 9.10. The van der Waals surface area contributed by atoms with Crippen molar-refractivity contribution in [3.05, 3.63) is 58.1 Å². The minimum Gasteiger partial charge on any atom is -0.491 e. The zero-order valence-electron chi connectivity index (χ0n) is 14.5. The van der Waals surface area contributed by atoms with Crippen LogP contribution in [0.2, 0.25) is 0 Å². The molecule has 0 saturated heterocycles. The minimum atomic E-state index is -3.64. The van der Waals surface area contributed by atoms with Gasteiger partial charge in [0.15, 0.2) is 0 Å². The summed E-state index contributed by atoms with van der Waals surface area (Å²) in [6.45, 7) is 4.52. The highest BCUT2D eigenvalue weighted by Gasteiger charge is 2.20. The van der Waals surface area contributed by atoms with E-state index in [1.165, 1.54) is 0 Å². The first-order valence-electron chi connectivity index (χ1n) is 7.84. The largest absolute Gasteiger partial charge is 0.491 e. The average molecular weight is 428 g/mol. The first-order chi connectivity index (χ1) is 11.8. The summed E-state index contributed by atoms with van der Waals surface area (Å²) < 4.78 is 39.4. The van der Waals surface area contributed by atoms with E-state index in [4.69, 9.17) is 9.47 Å². The third-order valence-corrected chi connectivity index (χ3v) is 5.97. The van der Waals surface area contributed by atoms with Gasteiger partial charge >= 0.3 is 0 Å². The molecule has 7 heteroatoms. The number of aryl methyl sites for hydroxylation is 1. The smallest absolute Gasteiger partial charge is 0.241 e. The Hall–Kier alpha value is -1.41. The second kappa shape index (κ2) is 8.80. The molecule has 0 spiro atoms. The van der Waals surface area contributed by atoms with Crippen molar-refractivity contribution >= 4 is 26.0 Å². The SMILES string of the molecule is COCCOc1ccc(S(=O)(=O)NC(C)c2ccccc2Br)cc1C. The Labute approximate surface area is 157 Å². The molecule has 0 fully saturated rings. The van der Waals surface area contributed by atoms with Crippen LogP contribution >= 0.6 is 15.9 Å². The number of ether oxygens (including phenoxy) is 2. The Bertz CT molecular complexity index is 824. The van der Waals surface area contributed by atoms with Crippen molar-refractivity contribution in [2.24, 2.45) is 0 Å². The van der Waals surface area contributed by atoms with Crippen molar-refractivity contribution < 1.29 is 17.9 Å². The van der Waals surface area contributed by atoms with Gasteiger partial charge in [0.05, 0.1) is 11.5 Å². The first-order valence-corrected chi connectivity index (χ1v) is 10.1. The molecule has 25 heavy (non-hydrogen) atoms. The third kappa shape index (κ3) is 5.28. The molecule has 0 amide bonds. The average Bonchev–Trinajstić information content (AvgIpc) is 2.56. The molecule has 5 nitrogen and oxygen atoms in total. The molecule has 0 aromatic heterocycles. The lowest BCUT2D eigenvalue weighted by Gasteiger charge is -2.17. The zero-order valence-corrected chi connectivity index (χ0v) is 16.9. The van der Waals surface area contributed by atoms with Crippen LogP contribution in [0.5, 0.6) is 5.75 Å². The summed E-state index contributed by atoms with van der Waals surface area (Å²) in [5.74, 6) is 0.648. The zero-order chi connectivity index (χ0) is 18.4. The van der Waals surface area contributed by atoms with Gasteiger partial charge in [-0.15, -0.1) is 0 Å². The second-order valence-corrected chi connectivity index (χ2v) is 8.20. The predicted octanol–water partition coefficient (Wildman–Crippen LogP) is 3.82. The van der Waals surface area contributed by atoms with Crippen molar-refractivity contribution in [3.63, 3.8) is 0 Å². The van der Waals surface area contributed by atoms with Crippen molar-refractivity contribution in [1.82, 2.24) is 4.72 Å². The molecule has 1 N–H and O–H groups in total. The lowest BCUT2D eigenvalue weighted by atomic mass is 10.1. The van der Waals surface area contributed by atoms with Crippen LogP contribution in [0.15, 0.2) is 51.8 Å². The van der Waals surface area contributed by atoms with Crippen molar-refractivity contribution in [2.45, 2.75) is 24.8 Å². The van der Waals surface area contributed by atoms with E-state index in [2.05, 4.69) is 20.7 Å². The molecule has 0 radical (unpaired) electrons. The number of rotatable bonds is 8. The molecule has 2 aromatic rings. The van der Waals surface area contributed by atoms with Crippen LogP contribution < -0.4 is 9.46 Å². The number of nitrogens with one attached hydrogen (secondary N) is 1. The summed E-state index contributed by atoms with van der Waals surface area (Å²) in [4.78, 5) is 0.211. The van der Waals surface area contributed by atoms with Gasteiger partial charge in [-0.1, -0.05) is 34.1 Å². The van der Waals surface area contributed by atoms with Gasteiger partial charge in [-0.05, 0) is 49.2 Å². The van der Waals surface area contributed by atoms with E-state index < -0.39 is 10.0 Å². The maximum absolute atomic E-state index is 12.7. The fourth-order valence-electron chi connectivity index (χ4n) is 2.38. The predicted molar refractivity (Wildman–Crippen MR) is 101 cm³/mol. The van der Waals surface area contributed by atoms with E-state index in [-0.39, 0.29) is 10.9 Å². The van der Waals surface area contributed by atoms with Gasteiger partial charge in [0.2, 0.25) is 10.0 Å². The van der Waals surface area contributed by atoms with Gasteiger partial charge in [0.25, 0.3) is 0 Å². The molecule has 2 rings (SSSR count). The lowest BCUT2D eigenvalue weighted by Crippen LogP contribution is -2.27. The van der Waals surface area contributed by atoms with Gasteiger partial charge < -0.3 is 9.47 Å². The standard InChI is InChI=1S/C18H22BrNO4S/c1-13-12-15(8-9-18(13)24-11-10-23-3)25(21,22)20-14(2)16-6-4-5-7-17(16)19/h4-9,12,14,20H,10-11H2,1-3H3. The van der Waals surface area contributed by atoms with E-state index in [0.29, 0.717) is 19.0 Å². The Morgan fingerprint density at radius 3 is 2.52 bits per heavy atom. The third-order valence-electron chi connectivity index (χ3n) is 3.71. The van der Waals surface area contributed by atoms with Crippen LogP contribution in [-0.4, -0.2) is 28.7 Å². The summed E-state index contributed by atoms with van der Waals surface area (Å²) in [7, 11) is -2.04. The molecule has 2 aromatic carbocycles. The van der Waals surface area contributed by atoms with Crippen LogP contribution in [0.25, 0.3) is 0 Å². The van der Waals surface area contributed by atoms with Gasteiger partial charge in [-0.3, -0.25) is 0 Å². The van der Waals surface area contributed by atoms with Crippen LogP contribution in [0.3, 0.4) is 0 Å². The first kappa shape index (κ1) is 19.9. The van der Waals surface area contributed by atoms with Gasteiger partial charge in [0.1, 0.15) is 12.4 Å². The van der Waals surface area contributed by atoms with Gasteiger partial charge in [0, 0.05) is 17.6 Å². The van der Waals surface area contributed by atoms with Crippen molar-refractivity contribution in [2.75, 3.05) is 20.3 Å². The quantitative estimate of drug-likeness (QED) is 0.650. The van der Waals surface area contributed by atoms with Crippen LogP contribution in [-0.2, 0) is 14.8 Å². The second-order valence-electron chi connectivity index (χ2n) is 5.63. The van der Waals surface area contributed by atoms with Crippen LogP contribution in [0.1, 0.15) is 24.1 Å². The highest BCUT2D eigenvalue weighted by Crippen LogP contribution is 2.26. The van der Waals surface area contributed by atoms with E-state index in [0.717, 1.165) is 15.6 Å². The molecule has 0 aliphatic carbocycles. The Balaban J connectivity index is 2.16. The molecule has 136 valence electrons. The van der Waals surface area contributed by atoms with Crippen molar-refractivity contribution in [3.8, 4) is 5.75 Å². The Morgan fingerprint density at radius 2 is 1.88 bits per heavy atom. The normalized spacial score (nSPS) is 12.8. The van der Waals surface area contributed by atoms with E-state index in [1.807, 2.05) is 38.1 Å². The van der Waals surface area contributed by atoms with Crippen molar-refractivity contribution in [1.29, 1.82) is 0 Å². The van der Waals surface area contributed by atoms with Crippen LogP contribution in [0.4, 0.5) is 0 Å². The number of hydrogen-bond acceptors (Lipinski definition) is 4. The molecular formula is C18H22BrNO4S. The van der Waals surface area contributed by atoms with E-state index in [1.54, 1.807) is 25.3 Å². The van der Waals surface area contributed by atoms with Gasteiger partial charge in [-0.2, -0.15) is 0 Å². The Morgan fingerprint density at radius 1 is 1.16 bits per heavy atom. The minimum absolute atomic E-state index is 0.211. The molecule has 0 aliphatic heterocycles. The maximum Gasteiger partial charge on any atom is 0.241 e. The fraction of sp³-hybridized carbons (Fsp3) is 0.333. The number of halogens is 1. The van der Waals surface area contributed by atoms with Gasteiger partial charge in [-0.25, -0.2) is 13.1 Å². The summed E-state index contributed by atoms with van der Waals surface area (Å²) in [6.07, 6.45) is 0. The fourth-order valence-corrected chi connectivity index (χ4v) is 4.31. The monoisotopic (exact) mass is 427 g/mol. The molecule has 0 heterocycles. The molecule has 1 unspecified atom stereocenters. The molecular weight excluding hydrogens is 406 g/mol. The summed E-state index contributed by atoms with van der Waals surface area (Å²) in [5.41, 5.74) is 1.63. The number of sulfonamides is 1. The number of benzene rings is 2. The molecule has 0 aliphatic rings. The topological polar surface area (TPSA) is 64.6 Å². The van der Waals surface area contributed by atoms with E-state index >= 15 is 0 Å². The Kier molecular flexibility index (Phi) is 7.01. The van der Waals surface area contributed by atoms with Crippen LogP contribution in [0, 0.1) is 6.92 Å². The van der Waals surface area contributed by atoms with E-state index in [9.17, 15) is 8.42 Å². The highest BCUT2D eigenvalue weighted by atomic mass is 79.9. The maximum atomic E-state index is 12.7. The summed E-state index contributed by atoms with van der Waals surface area (Å²) in [6, 6.07) is 12.0. The number of hydrogen-bond donors (Lipinski definition) is 1. The number of methoxy groups -OCH3 is 1. The summed E-state index contributed by atoms with van der Waals surface area (Å²) in [5, 5.41) is 0.